The average Bonchev–Trinajstić information content (AvgIpc) is 2.68. The minimum atomic E-state index is -0.351. The standard InChI is InChI=1S/C14H19NO4/c1-4-18-14(17)12-8(2)10-6-5-7-11(13(10)15-12)19-9(3)16/h11,15H,4-7H2,1-3H3. The summed E-state index contributed by atoms with van der Waals surface area (Å²) in [6, 6.07) is 0. The second-order valence-corrected chi connectivity index (χ2v) is 4.73. The van der Waals surface area contributed by atoms with E-state index in [1.54, 1.807) is 6.92 Å². The van der Waals surface area contributed by atoms with Crippen LogP contribution in [0, 0.1) is 6.92 Å². The summed E-state index contributed by atoms with van der Waals surface area (Å²) in [5.41, 5.74) is 3.32. The van der Waals surface area contributed by atoms with E-state index in [0.717, 1.165) is 36.1 Å². The minimum Gasteiger partial charge on any atom is -0.461 e. The summed E-state index contributed by atoms with van der Waals surface area (Å²) in [5.74, 6) is -0.654. The normalized spacial score (nSPS) is 17.7. The van der Waals surface area contributed by atoms with E-state index in [-0.39, 0.29) is 18.0 Å². The predicted molar refractivity (Wildman–Crippen MR) is 68.9 cm³/mol. The molecule has 2 rings (SSSR count). The van der Waals surface area contributed by atoms with Crippen molar-refractivity contribution in [2.75, 3.05) is 6.61 Å². The van der Waals surface area contributed by atoms with Crippen molar-refractivity contribution in [3.05, 3.63) is 22.5 Å². The predicted octanol–water partition coefficient (Wildman–Crippen LogP) is 2.44. The highest BCUT2D eigenvalue weighted by atomic mass is 16.5. The molecule has 0 saturated heterocycles. The van der Waals surface area contributed by atoms with Crippen molar-refractivity contribution in [3.8, 4) is 0 Å². The fraction of sp³-hybridized carbons (Fsp3) is 0.571. The number of esters is 2. The molecule has 1 N–H and O–H groups in total. The molecule has 0 amide bonds. The molecule has 0 aromatic carbocycles. The lowest BCUT2D eigenvalue weighted by atomic mass is 9.93. The number of ether oxygens (including phenoxy) is 2. The number of rotatable bonds is 3. The maximum atomic E-state index is 11.9. The molecule has 19 heavy (non-hydrogen) atoms. The van der Waals surface area contributed by atoms with Crippen molar-refractivity contribution in [2.45, 2.75) is 46.1 Å². The summed E-state index contributed by atoms with van der Waals surface area (Å²) in [6.45, 7) is 5.42. The quantitative estimate of drug-likeness (QED) is 0.852. The van der Waals surface area contributed by atoms with Gasteiger partial charge < -0.3 is 14.5 Å². The number of fused-ring (bicyclic) bond motifs is 1. The molecule has 5 heteroatoms. The van der Waals surface area contributed by atoms with Crippen LogP contribution in [0.4, 0.5) is 0 Å². The summed E-state index contributed by atoms with van der Waals surface area (Å²) in [6.07, 6.45) is 2.36. The number of aromatic amines is 1. The monoisotopic (exact) mass is 265 g/mol. The Morgan fingerprint density at radius 3 is 2.79 bits per heavy atom. The summed E-state index contributed by atoms with van der Waals surface area (Å²) in [4.78, 5) is 26.1. The Morgan fingerprint density at radius 1 is 1.42 bits per heavy atom. The molecule has 1 aliphatic carbocycles. The maximum Gasteiger partial charge on any atom is 0.355 e. The van der Waals surface area contributed by atoms with Crippen molar-refractivity contribution in [1.82, 2.24) is 4.98 Å². The number of H-pyrrole nitrogens is 1. The lowest BCUT2D eigenvalue weighted by Gasteiger charge is -2.22. The molecule has 1 unspecified atom stereocenters. The Balaban J connectivity index is 2.34. The molecule has 1 atom stereocenters. The number of hydrogen-bond donors (Lipinski definition) is 1. The zero-order valence-corrected chi connectivity index (χ0v) is 11.5. The van der Waals surface area contributed by atoms with Gasteiger partial charge in [-0.15, -0.1) is 0 Å². The Morgan fingerprint density at radius 2 is 2.16 bits per heavy atom. The number of nitrogens with one attached hydrogen (secondary N) is 1. The zero-order valence-electron chi connectivity index (χ0n) is 11.5. The molecule has 0 saturated carbocycles. The molecule has 0 aliphatic heterocycles. The first-order chi connectivity index (χ1) is 9.04. The van der Waals surface area contributed by atoms with Gasteiger partial charge in [-0.3, -0.25) is 4.79 Å². The minimum absolute atomic E-state index is 0.275. The number of carbonyl (C=O) groups is 2. The van der Waals surface area contributed by atoms with Crippen LogP contribution < -0.4 is 0 Å². The van der Waals surface area contributed by atoms with Gasteiger partial charge in [0.2, 0.25) is 0 Å². The Kier molecular flexibility index (Phi) is 3.93. The second kappa shape index (κ2) is 5.47. The molecule has 0 spiro atoms. The van der Waals surface area contributed by atoms with E-state index in [0.29, 0.717) is 12.3 Å². The van der Waals surface area contributed by atoms with E-state index in [9.17, 15) is 9.59 Å². The van der Waals surface area contributed by atoms with Crippen LogP contribution >= 0.6 is 0 Å². The smallest absolute Gasteiger partial charge is 0.355 e. The van der Waals surface area contributed by atoms with Crippen LogP contribution in [0.1, 0.15) is 60.1 Å². The molecule has 1 aromatic rings. The first kappa shape index (κ1) is 13.6. The van der Waals surface area contributed by atoms with E-state index in [1.807, 2.05) is 6.92 Å². The lowest BCUT2D eigenvalue weighted by Crippen LogP contribution is -2.15. The first-order valence-electron chi connectivity index (χ1n) is 6.60. The lowest BCUT2D eigenvalue weighted by molar-refractivity contribution is -0.147. The van der Waals surface area contributed by atoms with Gasteiger partial charge in [0.05, 0.1) is 12.3 Å². The van der Waals surface area contributed by atoms with Crippen LogP contribution in [-0.2, 0) is 20.7 Å². The van der Waals surface area contributed by atoms with Gasteiger partial charge in [0.25, 0.3) is 0 Å². The van der Waals surface area contributed by atoms with Crippen LogP contribution in [0.25, 0.3) is 0 Å². The third kappa shape index (κ3) is 2.64. The fourth-order valence-corrected chi connectivity index (χ4v) is 2.59. The van der Waals surface area contributed by atoms with E-state index >= 15 is 0 Å². The molecule has 0 fully saturated rings. The van der Waals surface area contributed by atoms with Crippen LogP contribution in [-0.4, -0.2) is 23.5 Å². The van der Waals surface area contributed by atoms with Gasteiger partial charge in [0.15, 0.2) is 0 Å². The van der Waals surface area contributed by atoms with Gasteiger partial charge >= 0.3 is 11.9 Å². The van der Waals surface area contributed by atoms with Crippen molar-refractivity contribution in [1.29, 1.82) is 0 Å². The Bertz CT molecular complexity index is 504. The molecule has 1 aliphatic rings. The van der Waals surface area contributed by atoms with Crippen LogP contribution in [0.5, 0.6) is 0 Å². The molecule has 0 radical (unpaired) electrons. The third-order valence-corrected chi connectivity index (χ3v) is 3.42. The molecule has 104 valence electrons. The van der Waals surface area contributed by atoms with Crippen LogP contribution in [0.3, 0.4) is 0 Å². The summed E-state index contributed by atoms with van der Waals surface area (Å²) in [5, 5.41) is 0. The first-order valence-corrected chi connectivity index (χ1v) is 6.60. The largest absolute Gasteiger partial charge is 0.461 e. The highest BCUT2D eigenvalue weighted by Crippen LogP contribution is 2.35. The van der Waals surface area contributed by atoms with Gasteiger partial charge in [-0.1, -0.05) is 0 Å². The molecule has 5 nitrogen and oxygen atoms in total. The number of hydrogen-bond acceptors (Lipinski definition) is 4. The topological polar surface area (TPSA) is 68.4 Å². The Hall–Kier alpha value is -1.78. The van der Waals surface area contributed by atoms with E-state index in [1.165, 1.54) is 6.92 Å². The summed E-state index contributed by atoms with van der Waals surface area (Å²) >= 11 is 0. The third-order valence-electron chi connectivity index (χ3n) is 3.42. The Labute approximate surface area is 112 Å². The van der Waals surface area contributed by atoms with Gasteiger partial charge in [0, 0.05) is 6.92 Å². The molecular weight excluding hydrogens is 246 g/mol. The van der Waals surface area contributed by atoms with Crippen molar-refractivity contribution in [3.63, 3.8) is 0 Å². The maximum absolute atomic E-state index is 11.9. The zero-order chi connectivity index (χ0) is 14.0. The highest BCUT2D eigenvalue weighted by Gasteiger charge is 2.29. The molecule has 1 heterocycles. The SMILES string of the molecule is CCOC(=O)c1[nH]c2c(c1C)CCCC2OC(C)=O. The number of aromatic nitrogens is 1. The fourth-order valence-electron chi connectivity index (χ4n) is 2.59. The van der Waals surface area contributed by atoms with Crippen molar-refractivity contribution < 1.29 is 19.1 Å². The molecule has 1 aromatic heterocycles. The van der Waals surface area contributed by atoms with Gasteiger partial charge in [0.1, 0.15) is 11.8 Å². The van der Waals surface area contributed by atoms with Crippen LogP contribution in [0.15, 0.2) is 0 Å². The van der Waals surface area contributed by atoms with Crippen molar-refractivity contribution in [2.24, 2.45) is 0 Å². The highest BCUT2D eigenvalue weighted by molar-refractivity contribution is 5.90. The summed E-state index contributed by atoms with van der Waals surface area (Å²) < 4.78 is 10.3. The van der Waals surface area contributed by atoms with E-state index < -0.39 is 0 Å². The second-order valence-electron chi connectivity index (χ2n) is 4.73. The van der Waals surface area contributed by atoms with Gasteiger partial charge in [-0.25, -0.2) is 4.79 Å². The molecular formula is C14H19NO4. The van der Waals surface area contributed by atoms with Gasteiger partial charge in [-0.2, -0.15) is 0 Å². The van der Waals surface area contributed by atoms with Gasteiger partial charge in [-0.05, 0) is 44.2 Å². The summed E-state index contributed by atoms with van der Waals surface area (Å²) in [7, 11) is 0. The molecule has 0 bridgehead atoms. The van der Waals surface area contributed by atoms with E-state index in [2.05, 4.69) is 4.98 Å². The van der Waals surface area contributed by atoms with Crippen LogP contribution in [0.2, 0.25) is 0 Å². The number of carbonyl (C=O) groups excluding carboxylic acids is 2. The van der Waals surface area contributed by atoms with E-state index in [4.69, 9.17) is 9.47 Å². The van der Waals surface area contributed by atoms with Crippen molar-refractivity contribution >= 4 is 11.9 Å². The average molecular weight is 265 g/mol.